The quantitative estimate of drug-likeness (QED) is 0.645. The first kappa shape index (κ1) is 13.9. The van der Waals surface area contributed by atoms with Gasteiger partial charge in [-0.05, 0) is 33.2 Å². The lowest BCUT2D eigenvalue weighted by molar-refractivity contribution is 0.150. The Morgan fingerprint density at radius 3 is 1.67 bits per heavy atom. The van der Waals surface area contributed by atoms with Gasteiger partial charge in [-0.1, -0.05) is 6.92 Å². The van der Waals surface area contributed by atoms with Gasteiger partial charge in [-0.2, -0.15) is 10.5 Å². The average Bonchev–Trinajstić information content (AvgIpc) is 2.24. The Labute approximate surface area is 93.3 Å². The van der Waals surface area contributed by atoms with Gasteiger partial charge in [0.2, 0.25) is 0 Å². The van der Waals surface area contributed by atoms with Crippen LogP contribution in [0.1, 0.15) is 46.5 Å². The molecule has 84 valence electrons. The van der Waals surface area contributed by atoms with Crippen LogP contribution in [0.15, 0.2) is 0 Å². The fraction of sp³-hybridized carbons (Fsp3) is 0.833. The molecule has 0 bridgehead atoms. The van der Waals surface area contributed by atoms with Gasteiger partial charge in [-0.3, -0.25) is 4.90 Å². The van der Waals surface area contributed by atoms with E-state index in [1.165, 1.54) is 0 Å². The molecule has 0 amide bonds. The molecule has 2 unspecified atom stereocenters. The van der Waals surface area contributed by atoms with Crippen LogP contribution in [0.5, 0.6) is 0 Å². The molecular formula is C12H21N3. The lowest BCUT2D eigenvalue weighted by Gasteiger charge is -2.33. The Morgan fingerprint density at radius 2 is 1.40 bits per heavy atom. The molecule has 15 heavy (non-hydrogen) atoms. The van der Waals surface area contributed by atoms with Crippen molar-refractivity contribution in [2.24, 2.45) is 0 Å². The molecule has 0 aliphatic rings. The molecule has 3 heteroatoms. The molecule has 0 rings (SSSR count). The van der Waals surface area contributed by atoms with Crippen molar-refractivity contribution in [2.75, 3.05) is 6.54 Å². The van der Waals surface area contributed by atoms with Crippen LogP contribution in [0.25, 0.3) is 0 Å². The molecular weight excluding hydrogens is 186 g/mol. The summed E-state index contributed by atoms with van der Waals surface area (Å²) in [5, 5.41) is 17.1. The van der Waals surface area contributed by atoms with Crippen LogP contribution >= 0.6 is 0 Å². The van der Waals surface area contributed by atoms with E-state index in [1.807, 2.05) is 0 Å². The van der Waals surface area contributed by atoms with E-state index in [1.54, 1.807) is 0 Å². The Hall–Kier alpha value is -1.06. The van der Waals surface area contributed by atoms with Crippen LogP contribution in [0, 0.1) is 22.7 Å². The summed E-state index contributed by atoms with van der Waals surface area (Å²) in [4.78, 5) is 2.37. The third-order valence-corrected chi connectivity index (χ3v) is 2.85. The monoisotopic (exact) mass is 207 g/mol. The number of hydrogen-bond acceptors (Lipinski definition) is 3. The lowest BCUT2D eigenvalue weighted by atomic mass is 10.1. The topological polar surface area (TPSA) is 50.8 Å². The molecule has 0 saturated carbocycles. The Morgan fingerprint density at radius 1 is 1.00 bits per heavy atom. The van der Waals surface area contributed by atoms with Crippen molar-refractivity contribution in [3.05, 3.63) is 0 Å². The lowest BCUT2D eigenvalue weighted by Crippen LogP contribution is -2.40. The van der Waals surface area contributed by atoms with Crippen LogP contribution < -0.4 is 0 Å². The molecule has 0 aromatic rings. The molecule has 0 aromatic heterocycles. The molecule has 0 N–H and O–H groups in total. The van der Waals surface area contributed by atoms with Gasteiger partial charge in [-0.25, -0.2) is 0 Å². The summed E-state index contributed by atoms with van der Waals surface area (Å²) in [6.07, 6.45) is 3.06. The van der Waals surface area contributed by atoms with Crippen LogP contribution in [0.3, 0.4) is 0 Å². The third kappa shape index (κ3) is 5.40. The zero-order valence-corrected chi connectivity index (χ0v) is 10.0. The first-order valence-corrected chi connectivity index (χ1v) is 5.67. The van der Waals surface area contributed by atoms with E-state index in [-0.39, 0.29) is 0 Å². The molecule has 0 spiro atoms. The SMILES string of the molecule is CCN(C(C)CCC#N)C(C)CCC#N. The van der Waals surface area contributed by atoms with Crippen molar-refractivity contribution < 1.29 is 0 Å². The van der Waals surface area contributed by atoms with E-state index in [4.69, 9.17) is 10.5 Å². The zero-order valence-electron chi connectivity index (χ0n) is 10.0. The van der Waals surface area contributed by atoms with Gasteiger partial charge in [0.25, 0.3) is 0 Å². The summed E-state index contributed by atoms with van der Waals surface area (Å²) in [7, 11) is 0. The average molecular weight is 207 g/mol. The normalized spacial score (nSPS) is 14.3. The molecule has 0 fully saturated rings. The van der Waals surface area contributed by atoms with E-state index >= 15 is 0 Å². The van der Waals surface area contributed by atoms with E-state index in [9.17, 15) is 0 Å². The van der Waals surface area contributed by atoms with Crippen LogP contribution in [-0.4, -0.2) is 23.5 Å². The highest BCUT2D eigenvalue weighted by Crippen LogP contribution is 2.13. The number of hydrogen-bond donors (Lipinski definition) is 0. The van der Waals surface area contributed by atoms with Gasteiger partial charge in [0.15, 0.2) is 0 Å². The van der Waals surface area contributed by atoms with Crippen molar-refractivity contribution in [3.8, 4) is 12.1 Å². The van der Waals surface area contributed by atoms with Crippen LogP contribution in [0.4, 0.5) is 0 Å². The molecule has 0 radical (unpaired) electrons. The molecule has 0 heterocycles. The molecule has 0 aliphatic heterocycles. The Balaban J connectivity index is 4.10. The maximum absolute atomic E-state index is 8.54. The predicted molar refractivity (Wildman–Crippen MR) is 61.0 cm³/mol. The molecule has 0 aliphatic carbocycles. The predicted octanol–water partition coefficient (Wildman–Crippen LogP) is 2.69. The minimum Gasteiger partial charge on any atom is -0.298 e. The molecule has 0 saturated heterocycles. The molecule has 3 nitrogen and oxygen atoms in total. The van der Waals surface area contributed by atoms with Gasteiger partial charge in [0, 0.05) is 24.9 Å². The van der Waals surface area contributed by atoms with Gasteiger partial charge < -0.3 is 0 Å². The highest BCUT2D eigenvalue weighted by atomic mass is 15.2. The highest BCUT2D eigenvalue weighted by molar-refractivity contribution is 4.80. The van der Waals surface area contributed by atoms with Gasteiger partial charge in [0.05, 0.1) is 12.1 Å². The van der Waals surface area contributed by atoms with Gasteiger partial charge in [-0.15, -0.1) is 0 Å². The van der Waals surface area contributed by atoms with Crippen molar-refractivity contribution in [1.82, 2.24) is 4.90 Å². The minimum absolute atomic E-state index is 0.434. The highest BCUT2D eigenvalue weighted by Gasteiger charge is 2.17. The van der Waals surface area contributed by atoms with Crippen LogP contribution in [0.2, 0.25) is 0 Å². The summed E-state index contributed by atoms with van der Waals surface area (Å²) < 4.78 is 0. The van der Waals surface area contributed by atoms with E-state index in [0.29, 0.717) is 24.9 Å². The fourth-order valence-corrected chi connectivity index (χ4v) is 1.94. The largest absolute Gasteiger partial charge is 0.298 e. The van der Waals surface area contributed by atoms with Gasteiger partial charge >= 0.3 is 0 Å². The van der Waals surface area contributed by atoms with Crippen molar-refractivity contribution in [1.29, 1.82) is 10.5 Å². The summed E-state index contributed by atoms with van der Waals surface area (Å²) in [5.74, 6) is 0. The van der Waals surface area contributed by atoms with E-state index < -0.39 is 0 Å². The molecule has 0 aromatic carbocycles. The smallest absolute Gasteiger partial charge is 0.0622 e. The standard InChI is InChI=1S/C12H21N3/c1-4-15(11(2)7-5-9-13)12(3)8-6-10-14/h11-12H,4-8H2,1-3H3. The maximum Gasteiger partial charge on any atom is 0.0622 e. The Kier molecular flexibility index (Phi) is 7.68. The van der Waals surface area contributed by atoms with Crippen molar-refractivity contribution in [2.45, 2.75) is 58.5 Å². The van der Waals surface area contributed by atoms with Crippen LogP contribution in [-0.2, 0) is 0 Å². The number of nitrogens with zero attached hydrogens (tertiary/aromatic N) is 3. The third-order valence-electron chi connectivity index (χ3n) is 2.85. The first-order chi connectivity index (χ1) is 7.17. The summed E-state index contributed by atoms with van der Waals surface area (Å²) in [6, 6.07) is 5.23. The number of nitriles is 2. The maximum atomic E-state index is 8.54. The first-order valence-electron chi connectivity index (χ1n) is 5.67. The second-order valence-corrected chi connectivity index (χ2v) is 3.92. The number of rotatable bonds is 7. The summed E-state index contributed by atoms with van der Waals surface area (Å²) >= 11 is 0. The van der Waals surface area contributed by atoms with Crippen molar-refractivity contribution >= 4 is 0 Å². The Bertz CT molecular complexity index is 212. The van der Waals surface area contributed by atoms with Crippen molar-refractivity contribution in [3.63, 3.8) is 0 Å². The van der Waals surface area contributed by atoms with Gasteiger partial charge in [0.1, 0.15) is 0 Å². The zero-order chi connectivity index (χ0) is 11.7. The summed E-state index contributed by atoms with van der Waals surface area (Å²) in [5.41, 5.74) is 0. The second kappa shape index (κ2) is 8.26. The summed E-state index contributed by atoms with van der Waals surface area (Å²) in [6.45, 7) is 7.43. The van der Waals surface area contributed by atoms with E-state index in [2.05, 4.69) is 37.8 Å². The van der Waals surface area contributed by atoms with E-state index in [0.717, 1.165) is 19.4 Å². The fourth-order valence-electron chi connectivity index (χ4n) is 1.94. The second-order valence-electron chi connectivity index (χ2n) is 3.92. The molecule has 2 atom stereocenters. The minimum atomic E-state index is 0.434.